The molecule has 2 bridgehead atoms. The maximum atomic E-state index is 12.8. The number of carbonyl (C=O) groups is 2. The van der Waals surface area contributed by atoms with Crippen molar-refractivity contribution >= 4 is 11.9 Å². The molecule has 2 fully saturated rings. The lowest BCUT2D eigenvalue weighted by Crippen LogP contribution is -2.40. The highest BCUT2D eigenvalue weighted by atomic mass is 16.6. The molecule has 1 spiro atoms. The topological polar surface area (TPSA) is 69.0 Å². The molecule has 23 heavy (non-hydrogen) atoms. The van der Waals surface area contributed by atoms with Gasteiger partial charge in [-0.2, -0.15) is 0 Å². The average molecular weight is 317 g/mol. The fourth-order valence-electron chi connectivity index (χ4n) is 3.87. The van der Waals surface area contributed by atoms with Crippen molar-refractivity contribution in [1.82, 2.24) is 4.90 Å². The lowest BCUT2D eigenvalue weighted by molar-refractivity contribution is -0.153. The average Bonchev–Trinajstić information content (AvgIpc) is 3.28. The molecule has 3 aliphatic heterocycles. The van der Waals surface area contributed by atoms with Crippen molar-refractivity contribution in [2.45, 2.75) is 31.6 Å². The second-order valence-electron chi connectivity index (χ2n) is 6.34. The van der Waals surface area contributed by atoms with Crippen LogP contribution >= 0.6 is 0 Å². The molecule has 1 amide bonds. The fraction of sp³-hybridized carbons (Fsp3) is 0.529. The number of carbonyl (C=O) groups excluding carboxylic acids is 2. The predicted octanol–water partition coefficient (Wildman–Crippen LogP) is 1.51. The second-order valence-corrected chi connectivity index (χ2v) is 6.34. The Morgan fingerprint density at radius 3 is 3.13 bits per heavy atom. The van der Waals surface area contributed by atoms with Crippen molar-refractivity contribution < 1.29 is 23.5 Å². The van der Waals surface area contributed by atoms with E-state index in [1.54, 1.807) is 17.2 Å². The Balaban J connectivity index is 1.57. The summed E-state index contributed by atoms with van der Waals surface area (Å²) in [5, 5.41) is 0. The summed E-state index contributed by atoms with van der Waals surface area (Å²) in [6.07, 6.45) is 5.82. The van der Waals surface area contributed by atoms with E-state index in [9.17, 15) is 9.59 Å². The molecule has 0 radical (unpaired) electrons. The summed E-state index contributed by atoms with van der Waals surface area (Å²) in [7, 11) is 0. The van der Waals surface area contributed by atoms with Crippen LogP contribution < -0.4 is 0 Å². The molecule has 0 aliphatic carbocycles. The van der Waals surface area contributed by atoms with Gasteiger partial charge >= 0.3 is 5.97 Å². The number of ether oxygens (including phenoxy) is 2. The number of hydrogen-bond donors (Lipinski definition) is 0. The molecule has 6 nitrogen and oxygen atoms in total. The number of fused-ring (bicyclic) bond motifs is 1. The van der Waals surface area contributed by atoms with Crippen LogP contribution in [0, 0.1) is 11.8 Å². The molecule has 0 aromatic carbocycles. The molecular weight excluding hydrogens is 298 g/mol. The summed E-state index contributed by atoms with van der Waals surface area (Å²) < 4.78 is 16.6. The van der Waals surface area contributed by atoms with Crippen molar-refractivity contribution in [3.05, 3.63) is 36.3 Å². The van der Waals surface area contributed by atoms with E-state index in [-0.39, 0.29) is 18.0 Å². The molecule has 2 saturated heterocycles. The van der Waals surface area contributed by atoms with Crippen LogP contribution in [0.25, 0.3) is 0 Å². The first kappa shape index (κ1) is 14.5. The molecule has 4 rings (SSSR count). The standard InChI is InChI=1S/C17H19NO5/c1-2-7-22-16(20)13-12-5-6-17(23-12)10-18(15(19)14(13)17)9-11-4-3-8-21-11/h3-6,8,12-14H,2,7,9-10H2,1H3/t12-,13+,14+,17-/m1/s1. The van der Waals surface area contributed by atoms with E-state index in [1.807, 2.05) is 25.1 Å². The second kappa shape index (κ2) is 5.23. The van der Waals surface area contributed by atoms with Gasteiger partial charge in [0.2, 0.25) is 5.91 Å². The number of rotatable bonds is 5. The maximum absolute atomic E-state index is 12.8. The summed E-state index contributed by atoms with van der Waals surface area (Å²) in [6, 6.07) is 3.63. The molecule has 0 N–H and O–H groups in total. The van der Waals surface area contributed by atoms with E-state index in [2.05, 4.69) is 0 Å². The van der Waals surface area contributed by atoms with Crippen LogP contribution in [0.1, 0.15) is 19.1 Å². The van der Waals surface area contributed by atoms with Gasteiger partial charge in [0.25, 0.3) is 0 Å². The minimum absolute atomic E-state index is 0.0632. The molecule has 6 heteroatoms. The van der Waals surface area contributed by atoms with Crippen molar-refractivity contribution in [3.63, 3.8) is 0 Å². The van der Waals surface area contributed by atoms with E-state index in [1.165, 1.54) is 0 Å². The number of furan rings is 1. The lowest BCUT2D eigenvalue weighted by atomic mass is 9.77. The highest BCUT2D eigenvalue weighted by Crippen LogP contribution is 2.52. The third-order valence-corrected chi connectivity index (χ3v) is 4.83. The lowest BCUT2D eigenvalue weighted by Gasteiger charge is -2.22. The van der Waals surface area contributed by atoms with Crippen molar-refractivity contribution in [2.24, 2.45) is 11.8 Å². The first-order chi connectivity index (χ1) is 11.1. The molecule has 1 aromatic heterocycles. The normalized spacial score (nSPS) is 34.2. The van der Waals surface area contributed by atoms with Gasteiger partial charge in [-0.25, -0.2) is 0 Å². The molecule has 122 valence electrons. The summed E-state index contributed by atoms with van der Waals surface area (Å²) in [5.74, 6) is -0.705. The van der Waals surface area contributed by atoms with Gasteiger partial charge in [-0.15, -0.1) is 0 Å². The Kier molecular flexibility index (Phi) is 3.30. The summed E-state index contributed by atoms with van der Waals surface area (Å²) in [6.45, 7) is 3.15. The van der Waals surface area contributed by atoms with Crippen LogP contribution in [0.4, 0.5) is 0 Å². The van der Waals surface area contributed by atoms with Crippen LogP contribution in [0.2, 0.25) is 0 Å². The molecule has 0 saturated carbocycles. The van der Waals surface area contributed by atoms with Crippen molar-refractivity contribution in [2.75, 3.05) is 13.2 Å². The van der Waals surface area contributed by atoms with Crippen molar-refractivity contribution in [1.29, 1.82) is 0 Å². The number of nitrogens with zero attached hydrogens (tertiary/aromatic N) is 1. The minimum atomic E-state index is -0.690. The van der Waals surface area contributed by atoms with Crippen LogP contribution in [0.5, 0.6) is 0 Å². The zero-order chi connectivity index (χ0) is 16.0. The zero-order valence-corrected chi connectivity index (χ0v) is 12.9. The van der Waals surface area contributed by atoms with Gasteiger partial charge in [0.1, 0.15) is 17.3 Å². The first-order valence-corrected chi connectivity index (χ1v) is 7.99. The van der Waals surface area contributed by atoms with Crippen molar-refractivity contribution in [3.8, 4) is 0 Å². The van der Waals surface area contributed by atoms with Gasteiger partial charge in [0.15, 0.2) is 0 Å². The largest absolute Gasteiger partial charge is 0.467 e. The number of hydrogen-bond acceptors (Lipinski definition) is 5. The Morgan fingerprint density at radius 2 is 2.39 bits per heavy atom. The molecule has 4 atom stereocenters. The monoisotopic (exact) mass is 317 g/mol. The SMILES string of the molecule is CCCOC(=O)[C@@H]1[C@H]2C(=O)N(Cc3ccco3)C[C@]23C=C[C@H]1O3. The van der Waals surface area contributed by atoms with Gasteiger partial charge in [0.05, 0.1) is 38.0 Å². The van der Waals surface area contributed by atoms with E-state index >= 15 is 0 Å². The Morgan fingerprint density at radius 1 is 1.52 bits per heavy atom. The number of esters is 1. The third kappa shape index (κ3) is 2.12. The fourth-order valence-corrected chi connectivity index (χ4v) is 3.87. The predicted molar refractivity (Wildman–Crippen MR) is 79.1 cm³/mol. The van der Waals surface area contributed by atoms with E-state index in [4.69, 9.17) is 13.9 Å². The smallest absolute Gasteiger partial charge is 0.312 e. The minimum Gasteiger partial charge on any atom is -0.467 e. The van der Waals surface area contributed by atoms with Gasteiger partial charge in [-0.1, -0.05) is 19.1 Å². The Bertz CT molecular complexity index is 652. The summed E-state index contributed by atoms with van der Waals surface area (Å²) >= 11 is 0. The van der Waals surface area contributed by atoms with Gasteiger partial charge in [-0.3, -0.25) is 9.59 Å². The van der Waals surface area contributed by atoms with Gasteiger partial charge in [0, 0.05) is 0 Å². The van der Waals surface area contributed by atoms with E-state index in [0.29, 0.717) is 19.7 Å². The quantitative estimate of drug-likeness (QED) is 0.608. The van der Waals surface area contributed by atoms with Crippen LogP contribution in [0.15, 0.2) is 35.0 Å². The van der Waals surface area contributed by atoms with Gasteiger partial charge < -0.3 is 18.8 Å². The summed E-state index contributed by atoms with van der Waals surface area (Å²) in [4.78, 5) is 26.9. The first-order valence-electron chi connectivity index (χ1n) is 7.99. The molecule has 1 aromatic rings. The van der Waals surface area contributed by atoms with E-state index in [0.717, 1.165) is 12.2 Å². The third-order valence-electron chi connectivity index (χ3n) is 4.83. The van der Waals surface area contributed by atoms with Crippen LogP contribution in [-0.2, 0) is 25.6 Å². The maximum Gasteiger partial charge on any atom is 0.312 e. The Labute approximate surface area is 134 Å². The van der Waals surface area contributed by atoms with Crippen LogP contribution in [-0.4, -0.2) is 41.6 Å². The highest BCUT2D eigenvalue weighted by molar-refractivity contribution is 5.91. The highest BCUT2D eigenvalue weighted by Gasteiger charge is 2.67. The summed E-state index contributed by atoms with van der Waals surface area (Å²) in [5.41, 5.74) is -0.690. The van der Waals surface area contributed by atoms with E-state index < -0.39 is 17.4 Å². The number of likely N-dealkylation sites (tertiary alicyclic amines) is 1. The molecular formula is C17H19NO5. The molecule has 0 unspecified atom stereocenters. The Hall–Kier alpha value is -2.08. The molecule has 4 heterocycles. The van der Waals surface area contributed by atoms with Gasteiger partial charge in [-0.05, 0) is 18.6 Å². The zero-order valence-electron chi connectivity index (χ0n) is 12.9. The number of amides is 1. The van der Waals surface area contributed by atoms with Crippen LogP contribution in [0.3, 0.4) is 0 Å². The molecule has 3 aliphatic rings.